The number of halogens is 1. The number of alkyl halides is 1. The van der Waals surface area contributed by atoms with Gasteiger partial charge >= 0.3 is 0 Å². The number of hydrogen-bond acceptors (Lipinski definition) is 2. The van der Waals surface area contributed by atoms with Crippen molar-refractivity contribution in [1.29, 1.82) is 0 Å². The summed E-state index contributed by atoms with van der Waals surface area (Å²) >= 11 is 2.27. The van der Waals surface area contributed by atoms with Crippen molar-refractivity contribution >= 4 is 22.6 Å². The van der Waals surface area contributed by atoms with Gasteiger partial charge in [0, 0.05) is 4.43 Å². The molecule has 0 unspecified atom stereocenters. The minimum atomic E-state index is 0.814. The van der Waals surface area contributed by atoms with Gasteiger partial charge in [-0.2, -0.15) is 0 Å². The molecule has 0 radical (unpaired) electrons. The highest BCUT2D eigenvalue weighted by Gasteiger charge is 1.91. The van der Waals surface area contributed by atoms with Crippen LogP contribution in [0.2, 0.25) is 0 Å². The fourth-order valence-corrected chi connectivity index (χ4v) is 1.06. The van der Waals surface area contributed by atoms with Gasteiger partial charge in [-0.1, -0.05) is 22.6 Å². The third-order valence-corrected chi connectivity index (χ3v) is 1.95. The van der Waals surface area contributed by atoms with Gasteiger partial charge in [-0.15, -0.1) is 0 Å². The molecule has 10 heavy (non-hydrogen) atoms. The first kappa shape index (κ1) is 7.78. The summed E-state index contributed by atoms with van der Waals surface area (Å²) in [7, 11) is 1.64. The van der Waals surface area contributed by atoms with Gasteiger partial charge in [0.05, 0.1) is 19.0 Å². The molecule has 0 aromatic carbocycles. The number of aromatic nitrogens is 1. The smallest absolute Gasteiger partial charge is 0.137 e. The van der Waals surface area contributed by atoms with E-state index in [9.17, 15) is 0 Å². The Morgan fingerprint density at radius 2 is 2.40 bits per heavy atom. The molecule has 54 valence electrons. The second-order valence-corrected chi connectivity index (χ2v) is 2.59. The molecular weight excluding hydrogens is 241 g/mol. The molecule has 0 saturated heterocycles. The summed E-state index contributed by atoms with van der Waals surface area (Å²) in [6, 6.07) is 3.88. The third-order valence-electron chi connectivity index (χ3n) is 1.17. The van der Waals surface area contributed by atoms with Crippen LogP contribution in [0.15, 0.2) is 18.3 Å². The molecule has 1 aromatic rings. The maximum Gasteiger partial charge on any atom is 0.137 e. The average molecular weight is 249 g/mol. The van der Waals surface area contributed by atoms with Crippen molar-refractivity contribution in [2.24, 2.45) is 0 Å². The van der Waals surface area contributed by atoms with E-state index in [0.717, 1.165) is 15.9 Å². The van der Waals surface area contributed by atoms with Gasteiger partial charge in [-0.3, -0.25) is 4.98 Å². The van der Waals surface area contributed by atoms with Crippen molar-refractivity contribution in [2.45, 2.75) is 4.43 Å². The zero-order valence-corrected chi connectivity index (χ0v) is 7.83. The Morgan fingerprint density at radius 1 is 1.60 bits per heavy atom. The van der Waals surface area contributed by atoms with Crippen LogP contribution in [0, 0.1) is 0 Å². The fourth-order valence-electron chi connectivity index (χ4n) is 0.611. The number of ether oxygens (including phenoxy) is 1. The summed E-state index contributed by atoms with van der Waals surface area (Å²) in [5.41, 5.74) is 1.08. The highest BCUT2D eigenvalue weighted by molar-refractivity contribution is 14.1. The lowest BCUT2D eigenvalue weighted by atomic mass is 10.4. The molecule has 0 aliphatic carbocycles. The molecule has 0 bridgehead atoms. The van der Waals surface area contributed by atoms with Gasteiger partial charge in [0.2, 0.25) is 0 Å². The lowest BCUT2D eigenvalue weighted by Crippen LogP contribution is -1.86. The van der Waals surface area contributed by atoms with Crippen LogP contribution in [0.1, 0.15) is 5.69 Å². The van der Waals surface area contributed by atoms with Crippen LogP contribution in [0.3, 0.4) is 0 Å². The van der Waals surface area contributed by atoms with Crippen molar-refractivity contribution in [3.63, 3.8) is 0 Å². The van der Waals surface area contributed by atoms with E-state index in [-0.39, 0.29) is 0 Å². The molecule has 3 heteroatoms. The van der Waals surface area contributed by atoms with E-state index in [1.165, 1.54) is 0 Å². The monoisotopic (exact) mass is 249 g/mol. The Bertz CT molecular complexity index is 174. The van der Waals surface area contributed by atoms with Gasteiger partial charge < -0.3 is 4.74 Å². The number of hydrogen-bond donors (Lipinski definition) is 0. The summed E-state index contributed by atoms with van der Waals surface area (Å²) < 4.78 is 5.89. The second-order valence-electron chi connectivity index (χ2n) is 1.82. The van der Waals surface area contributed by atoms with E-state index in [1.54, 1.807) is 13.3 Å². The highest BCUT2D eigenvalue weighted by atomic mass is 127. The molecule has 1 rings (SSSR count). The largest absolute Gasteiger partial charge is 0.495 e. The number of methoxy groups -OCH3 is 1. The van der Waals surface area contributed by atoms with Crippen LogP contribution in [0.25, 0.3) is 0 Å². The maximum absolute atomic E-state index is 4.95. The van der Waals surface area contributed by atoms with E-state index in [2.05, 4.69) is 27.6 Å². The standard InChI is InChI=1S/C7H8INO/c1-10-7-3-2-6(4-8)9-5-7/h2-3,5H,4H2,1H3. The maximum atomic E-state index is 4.95. The zero-order valence-electron chi connectivity index (χ0n) is 5.67. The van der Waals surface area contributed by atoms with Crippen molar-refractivity contribution in [1.82, 2.24) is 4.98 Å². The highest BCUT2D eigenvalue weighted by Crippen LogP contribution is 2.09. The van der Waals surface area contributed by atoms with Gasteiger partial charge in [-0.25, -0.2) is 0 Å². The van der Waals surface area contributed by atoms with E-state index in [4.69, 9.17) is 4.74 Å². The molecule has 0 aliphatic heterocycles. The molecule has 0 fully saturated rings. The summed E-state index contributed by atoms with van der Waals surface area (Å²) in [6.45, 7) is 0. The van der Waals surface area contributed by atoms with Crippen molar-refractivity contribution in [3.05, 3.63) is 24.0 Å². The topological polar surface area (TPSA) is 22.1 Å². The van der Waals surface area contributed by atoms with Crippen LogP contribution in [0.5, 0.6) is 5.75 Å². The van der Waals surface area contributed by atoms with Gasteiger partial charge in [0.1, 0.15) is 5.75 Å². The molecule has 0 saturated carbocycles. The first-order valence-electron chi connectivity index (χ1n) is 2.91. The molecule has 0 amide bonds. The predicted molar refractivity (Wildman–Crippen MR) is 48.5 cm³/mol. The van der Waals surface area contributed by atoms with Crippen LogP contribution < -0.4 is 4.74 Å². The first-order chi connectivity index (χ1) is 4.86. The Hall–Kier alpha value is -0.320. The lowest BCUT2D eigenvalue weighted by molar-refractivity contribution is 0.412. The zero-order chi connectivity index (χ0) is 7.40. The lowest BCUT2D eigenvalue weighted by Gasteiger charge is -1.97. The molecule has 0 N–H and O–H groups in total. The summed E-state index contributed by atoms with van der Waals surface area (Å²) in [5, 5.41) is 0. The minimum absolute atomic E-state index is 0.814. The molecule has 1 aromatic heterocycles. The summed E-state index contributed by atoms with van der Waals surface area (Å²) in [6.07, 6.45) is 1.73. The second kappa shape index (κ2) is 3.75. The average Bonchev–Trinajstić information content (AvgIpc) is 2.05. The Labute approximate surface area is 73.8 Å². The van der Waals surface area contributed by atoms with Gasteiger partial charge in [0.15, 0.2) is 0 Å². The number of nitrogens with zero attached hydrogens (tertiary/aromatic N) is 1. The Kier molecular flexibility index (Phi) is 2.92. The molecule has 0 atom stereocenters. The van der Waals surface area contributed by atoms with Crippen LogP contribution in [0.4, 0.5) is 0 Å². The molecule has 1 heterocycles. The van der Waals surface area contributed by atoms with Gasteiger partial charge in [-0.05, 0) is 12.1 Å². The van der Waals surface area contributed by atoms with Crippen molar-refractivity contribution < 1.29 is 4.74 Å². The summed E-state index contributed by atoms with van der Waals surface area (Å²) in [5.74, 6) is 0.814. The van der Waals surface area contributed by atoms with Crippen molar-refractivity contribution in [2.75, 3.05) is 7.11 Å². The molecule has 0 aliphatic rings. The van der Waals surface area contributed by atoms with E-state index < -0.39 is 0 Å². The summed E-state index contributed by atoms with van der Waals surface area (Å²) in [4.78, 5) is 4.14. The number of pyridine rings is 1. The van der Waals surface area contributed by atoms with E-state index in [1.807, 2.05) is 12.1 Å². The fraction of sp³-hybridized carbons (Fsp3) is 0.286. The van der Waals surface area contributed by atoms with Crippen LogP contribution >= 0.6 is 22.6 Å². The van der Waals surface area contributed by atoms with Crippen molar-refractivity contribution in [3.8, 4) is 5.75 Å². The van der Waals surface area contributed by atoms with Crippen LogP contribution in [-0.2, 0) is 4.43 Å². The minimum Gasteiger partial charge on any atom is -0.495 e. The Balaban J connectivity index is 2.80. The molecular formula is C7H8INO. The SMILES string of the molecule is COc1ccc(CI)nc1. The Morgan fingerprint density at radius 3 is 2.80 bits per heavy atom. The van der Waals surface area contributed by atoms with Gasteiger partial charge in [0.25, 0.3) is 0 Å². The van der Waals surface area contributed by atoms with E-state index in [0.29, 0.717) is 0 Å². The molecule has 0 spiro atoms. The van der Waals surface area contributed by atoms with Crippen LogP contribution in [-0.4, -0.2) is 12.1 Å². The third kappa shape index (κ3) is 1.83. The first-order valence-corrected chi connectivity index (χ1v) is 4.44. The van der Waals surface area contributed by atoms with E-state index >= 15 is 0 Å². The quantitative estimate of drug-likeness (QED) is 0.591. The molecule has 2 nitrogen and oxygen atoms in total. The number of rotatable bonds is 2. The normalized spacial score (nSPS) is 9.40. The predicted octanol–water partition coefficient (Wildman–Crippen LogP) is 2.03.